The number of nitrogens with one attached hydrogen (secondary N) is 2. The molecular formula is C15H16BrN3O. The molecule has 5 heteroatoms. The SMILES string of the molecule is O=C1CCC(CNCc2ccc(Br)c3cccnc23)N1. The summed E-state index contributed by atoms with van der Waals surface area (Å²) in [6.07, 6.45) is 3.38. The van der Waals surface area contributed by atoms with Gasteiger partial charge in [0.1, 0.15) is 0 Å². The van der Waals surface area contributed by atoms with Crippen molar-refractivity contribution in [3.8, 4) is 0 Å². The molecule has 0 bridgehead atoms. The standard InChI is InChI=1S/C15H16BrN3O/c16-13-5-3-10(15-12(13)2-1-7-18-15)8-17-9-11-4-6-14(20)19-11/h1-3,5,7,11,17H,4,6,8-9H2,(H,19,20). The molecule has 20 heavy (non-hydrogen) atoms. The van der Waals surface area contributed by atoms with Gasteiger partial charge >= 0.3 is 0 Å². The lowest BCUT2D eigenvalue weighted by Crippen LogP contribution is -2.35. The number of nitrogens with zero attached hydrogens (tertiary/aromatic N) is 1. The molecule has 1 unspecified atom stereocenters. The van der Waals surface area contributed by atoms with Crippen molar-refractivity contribution in [2.24, 2.45) is 0 Å². The van der Waals surface area contributed by atoms with E-state index in [4.69, 9.17) is 0 Å². The zero-order chi connectivity index (χ0) is 13.9. The van der Waals surface area contributed by atoms with E-state index in [9.17, 15) is 4.79 Å². The number of amides is 1. The summed E-state index contributed by atoms with van der Waals surface area (Å²) >= 11 is 3.55. The van der Waals surface area contributed by atoms with Gasteiger partial charge in [0.15, 0.2) is 0 Å². The van der Waals surface area contributed by atoms with Crippen LogP contribution in [0.5, 0.6) is 0 Å². The van der Waals surface area contributed by atoms with Crippen molar-refractivity contribution in [2.75, 3.05) is 6.54 Å². The normalized spacial score (nSPS) is 18.4. The van der Waals surface area contributed by atoms with E-state index in [0.29, 0.717) is 6.42 Å². The Morgan fingerprint density at radius 2 is 2.30 bits per heavy atom. The van der Waals surface area contributed by atoms with Crippen molar-refractivity contribution in [1.82, 2.24) is 15.6 Å². The van der Waals surface area contributed by atoms with Gasteiger partial charge in [-0.3, -0.25) is 9.78 Å². The molecule has 0 saturated carbocycles. The molecule has 2 aromatic rings. The minimum absolute atomic E-state index is 0.160. The Morgan fingerprint density at radius 3 is 3.10 bits per heavy atom. The van der Waals surface area contributed by atoms with Crippen molar-refractivity contribution in [3.05, 3.63) is 40.5 Å². The lowest BCUT2D eigenvalue weighted by Gasteiger charge is -2.12. The van der Waals surface area contributed by atoms with Gasteiger partial charge < -0.3 is 10.6 Å². The highest BCUT2D eigenvalue weighted by Crippen LogP contribution is 2.25. The highest BCUT2D eigenvalue weighted by molar-refractivity contribution is 9.10. The number of hydrogen-bond acceptors (Lipinski definition) is 3. The molecule has 1 fully saturated rings. The average Bonchev–Trinajstić information content (AvgIpc) is 2.87. The van der Waals surface area contributed by atoms with Crippen LogP contribution in [0, 0.1) is 0 Å². The number of rotatable bonds is 4. The Balaban J connectivity index is 1.69. The molecule has 4 nitrogen and oxygen atoms in total. The van der Waals surface area contributed by atoms with Gasteiger partial charge in [-0.05, 0) is 24.1 Å². The van der Waals surface area contributed by atoms with Crippen LogP contribution in [0.2, 0.25) is 0 Å². The number of benzene rings is 1. The van der Waals surface area contributed by atoms with E-state index in [1.54, 1.807) is 0 Å². The predicted molar refractivity (Wildman–Crippen MR) is 82.3 cm³/mol. The molecule has 2 N–H and O–H groups in total. The number of halogens is 1. The zero-order valence-corrected chi connectivity index (χ0v) is 12.6. The van der Waals surface area contributed by atoms with Gasteiger partial charge in [0, 0.05) is 41.6 Å². The second-order valence-corrected chi connectivity index (χ2v) is 5.89. The molecule has 3 rings (SSSR count). The van der Waals surface area contributed by atoms with Gasteiger partial charge in [0.2, 0.25) is 5.91 Å². The summed E-state index contributed by atoms with van der Waals surface area (Å²) in [6, 6.07) is 8.40. The third-order valence-corrected chi connectivity index (χ3v) is 4.28. The van der Waals surface area contributed by atoms with E-state index in [-0.39, 0.29) is 11.9 Å². The van der Waals surface area contributed by atoms with E-state index in [0.717, 1.165) is 34.9 Å². The highest BCUT2D eigenvalue weighted by Gasteiger charge is 2.19. The van der Waals surface area contributed by atoms with Crippen molar-refractivity contribution in [3.63, 3.8) is 0 Å². The van der Waals surface area contributed by atoms with Crippen molar-refractivity contribution in [1.29, 1.82) is 0 Å². The second kappa shape index (κ2) is 5.89. The van der Waals surface area contributed by atoms with Gasteiger partial charge in [0.05, 0.1) is 5.52 Å². The minimum atomic E-state index is 0.160. The smallest absolute Gasteiger partial charge is 0.220 e. The molecule has 1 atom stereocenters. The summed E-state index contributed by atoms with van der Waals surface area (Å²) < 4.78 is 1.06. The van der Waals surface area contributed by atoms with E-state index >= 15 is 0 Å². The average molecular weight is 334 g/mol. The summed E-state index contributed by atoms with van der Waals surface area (Å²) in [5.41, 5.74) is 2.19. The molecule has 1 aromatic heterocycles. The molecule has 104 valence electrons. The summed E-state index contributed by atoms with van der Waals surface area (Å²) in [7, 11) is 0. The number of carbonyl (C=O) groups excluding carboxylic acids is 1. The van der Waals surface area contributed by atoms with E-state index < -0.39 is 0 Å². The molecule has 1 amide bonds. The van der Waals surface area contributed by atoms with E-state index in [1.807, 2.05) is 12.3 Å². The molecule has 0 aliphatic carbocycles. The Hall–Kier alpha value is -1.46. The van der Waals surface area contributed by atoms with E-state index in [1.165, 1.54) is 5.56 Å². The largest absolute Gasteiger partial charge is 0.352 e. The van der Waals surface area contributed by atoms with Crippen LogP contribution in [0.15, 0.2) is 34.9 Å². The van der Waals surface area contributed by atoms with Crippen LogP contribution in [-0.4, -0.2) is 23.5 Å². The van der Waals surface area contributed by atoms with E-state index in [2.05, 4.69) is 49.7 Å². The van der Waals surface area contributed by atoms with Gasteiger partial charge in [-0.2, -0.15) is 0 Å². The number of carbonyl (C=O) groups is 1. The quantitative estimate of drug-likeness (QED) is 0.903. The van der Waals surface area contributed by atoms with Crippen LogP contribution in [-0.2, 0) is 11.3 Å². The zero-order valence-electron chi connectivity index (χ0n) is 11.0. The first-order valence-electron chi connectivity index (χ1n) is 6.76. The number of hydrogen-bond donors (Lipinski definition) is 2. The molecule has 0 radical (unpaired) electrons. The number of aromatic nitrogens is 1. The Kier molecular flexibility index (Phi) is 3.98. The van der Waals surface area contributed by atoms with Gasteiger partial charge in [-0.15, -0.1) is 0 Å². The molecule has 1 aliphatic rings. The Labute approximate surface area is 126 Å². The Bertz CT molecular complexity index is 644. The maximum atomic E-state index is 11.1. The first-order chi connectivity index (χ1) is 9.74. The third kappa shape index (κ3) is 2.83. The Morgan fingerprint density at radius 1 is 1.40 bits per heavy atom. The third-order valence-electron chi connectivity index (χ3n) is 3.59. The fraction of sp³-hybridized carbons (Fsp3) is 0.333. The lowest BCUT2D eigenvalue weighted by molar-refractivity contribution is -0.119. The van der Waals surface area contributed by atoms with Crippen LogP contribution in [0.25, 0.3) is 10.9 Å². The summed E-state index contributed by atoms with van der Waals surface area (Å²) in [5.74, 6) is 0.160. The summed E-state index contributed by atoms with van der Waals surface area (Å²) in [4.78, 5) is 15.6. The molecule has 1 aliphatic heterocycles. The molecule has 0 spiro atoms. The number of fused-ring (bicyclic) bond motifs is 1. The van der Waals surface area contributed by atoms with Crippen molar-refractivity contribution in [2.45, 2.75) is 25.4 Å². The fourth-order valence-corrected chi connectivity index (χ4v) is 3.00. The van der Waals surface area contributed by atoms with Gasteiger partial charge in [0.25, 0.3) is 0 Å². The maximum absolute atomic E-state index is 11.1. The van der Waals surface area contributed by atoms with Crippen molar-refractivity contribution >= 4 is 32.7 Å². The molecule has 2 heterocycles. The topological polar surface area (TPSA) is 54.0 Å². The fourth-order valence-electron chi connectivity index (χ4n) is 2.55. The molecule has 1 saturated heterocycles. The first-order valence-corrected chi connectivity index (χ1v) is 7.55. The monoisotopic (exact) mass is 333 g/mol. The second-order valence-electron chi connectivity index (χ2n) is 5.04. The van der Waals surface area contributed by atoms with Crippen molar-refractivity contribution < 1.29 is 4.79 Å². The van der Waals surface area contributed by atoms with Crippen LogP contribution >= 0.6 is 15.9 Å². The van der Waals surface area contributed by atoms with Crippen LogP contribution in [0.3, 0.4) is 0 Å². The van der Waals surface area contributed by atoms with Gasteiger partial charge in [-0.1, -0.05) is 28.1 Å². The van der Waals surface area contributed by atoms with Crippen LogP contribution in [0.4, 0.5) is 0 Å². The maximum Gasteiger partial charge on any atom is 0.220 e. The lowest BCUT2D eigenvalue weighted by atomic mass is 10.1. The van der Waals surface area contributed by atoms with Crippen LogP contribution < -0.4 is 10.6 Å². The number of pyridine rings is 1. The molecular weight excluding hydrogens is 318 g/mol. The molecule has 1 aromatic carbocycles. The summed E-state index contributed by atoms with van der Waals surface area (Å²) in [5, 5.41) is 7.49. The summed E-state index contributed by atoms with van der Waals surface area (Å²) in [6.45, 7) is 1.56. The highest BCUT2D eigenvalue weighted by atomic mass is 79.9. The van der Waals surface area contributed by atoms with Gasteiger partial charge in [-0.25, -0.2) is 0 Å². The predicted octanol–water partition coefficient (Wildman–Crippen LogP) is 2.37. The minimum Gasteiger partial charge on any atom is -0.352 e. The van der Waals surface area contributed by atoms with Crippen LogP contribution in [0.1, 0.15) is 18.4 Å². The first kappa shape index (κ1) is 13.5.